The highest BCUT2D eigenvalue weighted by Crippen LogP contribution is 2.24. The van der Waals surface area contributed by atoms with Gasteiger partial charge < -0.3 is 10.3 Å². The first kappa shape index (κ1) is 17.5. The van der Waals surface area contributed by atoms with E-state index in [-0.39, 0.29) is 5.57 Å². The van der Waals surface area contributed by atoms with E-state index in [1.807, 2.05) is 48.7 Å². The number of fused-ring (bicyclic) bond motifs is 1. The lowest BCUT2D eigenvalue weighted by atomic mass is 10.1. The van der Waals surface area contributed by atoms with Crippen molar-refractivity contribution in [2.45, 2.75) is 26.7 Å². The number of carbonyl (C=O) groups is 1. The summed E-state index contributed by atoms with van der Waals surface area (Å²) in [4.78, 5) is 15.7. The first-order valence-electron chi connectivity index (χ1n) is 8.77. The van der Waals surface area contributed by atoms with E-state index in [9.17, 15) is 10.1 Å². The summed E-state index contributed by atoms with van der Waals surface area (Å²) in [7, 11) is 0. The van der Waals surface area contributed by atoms with Gasteiger partial charge in [0, 0.05) is 28.4 Å². The number of aryl methyl sites for hydroxylation is 2. The van der Waals surface area contributed by atoms with Crippen molar-refractivity contribution in [3.05, 3.63) is 70.9 Å². The Labute approximate surface area is 153 Å². The zero-order chi connectivity index (χ0) is 18.5. The van der Waals surface area contributed by atoms with E-state index in [2.05, 4.69) is 30.2 Å². The van der Waals surface area contributed by atoms with Crippen molar-refractivity contribution in [3.8, 4) is 6.07 Å². The molecule has 0 spiro atoms. The Hall–Kier alpha value is -3.32. The largest absolute Gasteiger partial charge is 0.360 e. The summed E-state index contributed by atoms with van der Waals surface area (Å²) in [5.41, 5.74) is 5.05. The Morgan fingerprint density at radius 3 is 2.58 bits per heavy atom. The highest BCUT2D eigenvalue weighted by atomic mass is 16.1. The molecule has 1 amide bonds. The lowest BCUT2D eigenvalue weighted by Crippen LogP contribution is -2.13. The van der Waals surface area contributed by atoms with Crippen LogP contribution < -0.4 is 5.32 Å². The first-order chi connectivity index (χ1) is 12.7. The second kappa shape index (κ2) is 7.71. The lowest BCUT2D eigenvalue weighted by Gasteiger charge is -2.05. The summed E-state index contributed by atoms with van der Waals surface area (Å²) < 4.78 is 0. The molecule has 1 heterocycles. The van der Waals surface area contributed by atoms with Crippen LogP contribution in [0.2, 0.25) is 0 Å². The zero-order valence-corrected chi connectivity index (χ0v) is 15.0. The summed E-state index contributed by atoms with van der Waals surface area (Å²) >= 11 is 0. The number of aromatic amines is 1. The average Bonchev–Trinajstić information content (AvgIpc) is 3.09. The molecule has 0 bridgehead atoms. The molecule has 26 heavy (non-hydrogen) atoms. The predicted octanol–water partition coefficient (Wildman–Crippen LogP) is 4.84. The number of rotatable bonds is 5. The second-order valence-electron chi connectivity index (χ2n) is 6.11. The average molecular weight is 343 g/mol. The number of anilines is 1. The molecule has 0 aliphatic rings. The van der Waals surface area contributed by atoms with E-state index < -0.39 is 5.91 Å². The van der Waals surface area contributed by atoms with Gasteiger partial charge in [-0.05, 0) is 42.2 Å². The molecule has 0 radical (unpaired) electrons. The minimum absolute atomic E-state index is 0.0763. The van der Waals surface area contributed by atoms with Gasteiger partial charge in [-0.3, -0.25) is 4.79 Å². The van der Waals surface area contributed by atoms with Crippen LogP contribution in [0.25, 0.3) is 17.0 Å². The summed E-state index contributed by atoms with van der Waals surface area (Å²) in [6.07, 6.45) is 5.33. The number of hydrogen-bond donors (Lipinski definition) is 2. The first-order valence-corrected chi connectivity index (χ1v) is 8.77. The van der Waals surface area contributed by atoms with Crippen LogP contribution >= 0.6 is 0 Å². The molecule has 0 saturated carbocycles. The van der Waals surface area contributed by atoms with Gasteiger partial charge in [-0.1, -0.05) is 44.2 Å². The number of nitrogens with one attached hydrogen (secondary N) is 2. The van der Waals surface area contributed by atoms with Crippen LogP contribution in [0.5, 0.6) is 0 Å². The molecule has 0 fully saturated rings. The number of H-pyrrole nitrogens is 1. The van der Waals surface area contributed by atoms with Gasteiger partial charge in [-0.25, -0.2) is 0 Å². The zero-order valence-electron chi connectivity index (χ0n) is 15.0. The molecule has 0 saturated heterocycles. The van der Waals surface area contributed by atoms with Crippen molar-refractivity contribution in [3.63, 3.8) is 0 Å². The fourth-order valence-electron chi connectivity index (χ4n) is 2.98. The molecule has 2 aromatic carbocycles. The number of para-hydroxylation sites is 1. The quantitative estimate of drug-likeness (QED) is 0.514. The van der Waals surface area contributed by atoms with Crippen molar-refractivity contribution in [1.29, 1.82) is 5.26 Å². The van der Waals surface area contributed by atoms with Gasteiger partial charge in [0.2, 0.25) is 0 Å². The number of nitrogens with zero attached hydrogens (tertiary/aromatic N) is 1. The van der Waals surface area contributed by atoms with E-state index in [1.165, 1.54) is 11.1 Å². The highest BCUT2D eigenvalue weighted by molar-refractivity contribution is 6.10. The fraction of sp³-hybridized carbons (Fsp3) is 0.182. The third-order valence-electron chi connectivity index (χ3n) is 4.50. The fourth-order valence-corrected chi connectivity index (χ4v) is 2.98. The van der Waals surface area contributed by atoms with Crippen LogP contribution in [0.15, 0.2) is 54.2 Å². The van der Waals surface area contributed by atoms with Crippen molar-refractivity contribution in [2.75, 3.05) is 5.32 Å². The van der Waals surface area contributed by atoms with Crippen LogP contribution in [-0.2, 0) is 17.6 Å². The highest BCUT2D eigenvalue weighted by Gasteiger charge is 2.12. The smallest absolute Gasteiger partial charge is 0.266 e. The van der Waals surface area contributed by atoms with Gasteiger partial charge in [0.05, 0.1) is 0 Å². The molecule has 0 aliphatic heterocycles. The molecular weight excluding hydrogens is 322 g/mol. The molecule has 3 rings (SSSR count). The molecule has 0 aliphatic carbocycles. The van der Waals surface area contributed by atoms with Crippen LogP contribution in [-0.4, -0.2) is 10.9 Å². The third kappa shape index (κ3) is 3.52. The molecule has 4 heteroatoms. The van der Waals surface area contributed by atoms with Crippen molar-refractivity contribution < 1.29 is 4.79 Å². The van der Waals surface area contributed by atoms with Crippen LogP contribution in [0, 0.1) is 11.3 Å². The van der Waals surface area contributed by atoms with Crippen LogP contribution in [0.1, 0.15) is 30.5 Å². The second-order valence-corrected chi connectivity index (χ2v) is 6.11. The Balaban J connectivity index is 1.88. The molecule has 130 valence electrons. The normalized spacial score (nSPS) is 11.3. The predicted molar refractivity (Wildman–Crippen MR) is 106 cm³/mol. The molecule has 2 N–H and O–H groups in total. The molecule has 4 nitrogen and oxygen atoms in total. The van der Waals surface area contributed by atoms with Crippen LogP contribution in [0.4, 0.5) is 5.69 Å². The van der Waals surface area contributed by atoms with Crippen LogP contribution in [0.3, 0.4) is 0 Å². The SMILES string of the molecule is CCc1ccc(NC(=O)/C(C#N)=C/c2c[nH]c3c(CC)cccc23)cc1. The maximum atomic E-state index is 12.5. The summed E-state index contributed by atoms with van der Waals surface area (Å²) in [6, 6.07) is 15.7. The minimum Gasteiger partial charge on any atom is -0.360 e. The molecule has 3 aromatic rings. The topological polar surface area (TPSA) is 68.7 Å². The van der Waals surface area contributed by atoms with E-state index in [1.54, 1.807) is 6.08 Å². The molecule has 1 aromatic heterocycles. The summed E-state index contributed by atoms with van der Waals surface area (Å²) in [6.45, 7) is 4.18. The van der Waals surface area contributed by atoms with E-state index >= 15 is 0 Å². The van der Waals surface area contributed by atoms with Gasteiger partial charge >= 0.3 is 0 Å². The Kier molecular flexibility index (Phi) is 5.19. The Morgan fingerprint density at radius 1 is 1.15 bits per heavy atom. The number of hydrogen-bond acceptors (Lipinski definition) is 2. The minimum atomic E-state index is -0.405. The number of carbonyl (C=O) groups excluding carboxylic acids is 1. The van der Waals surface area contributed by atoms with Gasteiger partial charge in [-0.15, -0.1) is 0 Å². The number of aromatic nitrogens is 1. The summed E-state index contributed by atoms with van der Waals surface area (Å²) in [5, 5.41) is 13.2. The molecule has 0 unspecified atom stereocenters. The standard InChI is InChI=1S/C22H21N3O/c1-3-15-8-10-19(11-9-15)25-22(26)17(13-23)12-18-14-24-21-16(4-2)6-5-7-20(18)21/h5-12,14,24H,3-4H2,1-2H3,(H,25,26)/b17-12+. The van der Waals surface area contributed by atoms with Gasteiger partial charge in [0.1, 0.15) is 11.6 Å². The van der Waals surface area contributed by atoms with E-state index in [4.69, 9.17) is 0 Å². The summed E-state index contributed by atoms with van der Waals surface area (Å²) in [5.74, 6) is -0.405. The maximum absolute atomic E-state index is 12.5. The maximum Gasteiger partial charge on any atom is 0.266 e. The van der Waals surface area contributed by atoms with Crippen molar-refractivity contribution in [2.24, 2.45) is 0 Å². The number of benzene rings is 2. The Bertz CT molecular complexity index is 1000. The van der Waals surface area contributed by atoms with Crippen molar-refractivity contribution in [1.82, 2.24) is 4.98 Å². The molecule has 0 atom stereocenters. The Morgan fingerprint density at radius 2 is 1.92 bits per heavy atom. The number of amides is 1. The van der Waals surface area contributed by atoms with Gasteiger partial charge in [-0.2, -0.15) is 5.26 Å². The van der Waals surface area contributed by atoms with E-state index in [0.717, 1.165) is 29.3 Å². The van der Waals surface area contributed by atoms with Gasteiger partial charge in [0.15, 0.2) is 0 Å². The van der Waals surface area contributed by atoms with E-state index in [0.29, 0.717) is 5.69 Å². The number of nitriles is 1. The third-order valence-corrected chi connectivity index (χ3v) is 4.50. The lowest BCUT2D eigenvalue weighted by molar-refractivity contribution is -0.112. The van der Waals surface area contributed by atoms with Gasteiger partial charge in [0.25, 0.3) is 5.91 Å². The van der Waals surface area contributed by atoms with Crippen molar-refractivity contribution >= 4 is 28.6 Å². The molecular formula is C22H21N3O. The monoisotopic (exact) mass is 343 g/mol.